The third-order valence-electron chi connectivity index (χ3n) is 5.39. The number of hydrogen-bond donors (Lipinski definition) is 1. The number of ether oxygens (including phenoxy) is 3. The van der Waals surface area contributed by atoms with E-state index < -0.39 is 0 Å². The van der Waals surface area contributed by atoms with Gasteiger partial charge in [0.2, 0.25) is 5.88 Å². The molecule has 0 bridgehead atoms. The van der Waals surface area contributed by atoms with Crippen molar-refractivity contribution in [2.75, 3.05) is 14.2 Å². The van der Waals surface area contributed by atoms with Crippen molar-refractivity contribution in [3.8, 4) is 17.6 Å². The molecule has 0 saturated heterocycles. The molecular weight excluding hydrogens is 364 g/mol. The lowest BCUT2D eigenvalue weighted by molar-refractivity contribution is 0.292. The summed E-state index contributed by atoms with van der Waals surface area (Å²) in [6, 6.07) is 17.9. The molecule has 1 aliphatic carbocycles. The van der Waals surface area contributed by atoms with E-state index in [1.54, 1.807) is 14.2 Å². The number of nitrogens with two attached hydrogens (primary N) is 1. The van der Waals surface area contributed by atoms with Gasteiger partial charge in [-0.25, -0.2) is 0 Å². The number of nitrogens with zero attached hydrogens (tertiary/aromatic N) is 1. The van der Waals surface area contributed by atoms with Crippen molar-refractivity contribution < 1.29 is 14.2 Å². The summed E-state index contributed by atoms with van der Waals surface area (Å²) in [6.45, 7) is 0. The SMILES string of the molecule is COc1ccc(/C=C2/CCC3=C2OC(N)=C(C#N)[C@@H]3c2ccc(OC)cc2)cc1. The van der Waals surface area contributed by atoms with Gasteiger partial charge in [0.05, 0.1) is 14.2 Å². The van der Waals surface area contributed by atoms with E-state index in [2.05, 4.69) is 12.1 Å². The Kier molecular flexibility index (Phi) is 5.01. The summed E-state index contributed by atoms with van der Waals surface area (Å²) in [7, 11) is 3.29. The molecule has 2 N–H and O–H groups in total. The standard InChI is InChI=1S/C24H22N2O3/c1-27-18-8-3-15(4-9-18)13-17-7-12-20-22(16-5-10-19(28-2)11-6-16)21(14-25)24(26)29-23(17)20/h3-6,8-11,13,22H,7,12,26H2,1-2H3/b17-13-/t22-/m1/s1. The maximum Gasteiger partial charge on any atom is 0.205 e. The van der Waals surface area contributed by atoms with Crippen LogP contribution in [-0.2, 0) is 4.74 Å². The number of benzene rings is 2. The molecule has 2 aromatic carbocycles. The number of methoxy groups -OCH3 is 2. The zero-order chi connectivity index (χ0) is 20.4. The number of allylic oxidation sites excluding steroid dienone is 3. The van der Waals surface area contributed by atoms with Crippen molar-refractivity contribution in [1.82, 2.24) is 0 Å². The average molecular weight is 386 g/mol. The lowest BCUT2D eigenvalue weighted by atomic mass is 9.83. The maximum atomic E-state index is 9.72. The van der Waals surface area contributed by atoms with Gasteiger partial charge in [-0.1, -0.05) is 24.3 Å². The predicted molar refractivity (Wildman–Crippen MR) is 111 cm³/mol. The van der Waals surface area contributed by atoms with Gasteiger partial charge >= 0.3 is 0 Å². The van der Waals surface area contributed by atoms with Crippen LogP contribution in [0.25, 0.3) is 6.08 Å². The molecule has 29 heavy (non-hydrogen) atoms. The Morgan fingerprint density at radius 2 is 1.62 bits per heavy atom. The molecule has 0 amide bonds. The van der Waals surface area contributed by atoms with E-state index in [0.717, 1.165) is 52.4 Å². The minimum absolute atomic E-state index is 0.176. The third-order valence-corrected chi connectivity index (χ3v) is 5.39. The molecule has 2 aliphatic rings. The molecule has 0 radical (unpaired) electrons. The van der Waals surface area contributed by atoms with Crippen LogP contribution < -0.4 is 15.2 Å². The summed E-state index contributed by atoms with van der Waals surface area (Å²) in [6.07, 6.45) is 3.78. The summed E-state index contributed by atoms with van der Waals surface area (Å²) < 4.78 is 16.4. The number of rotatable bonds is 4. The summed E-state index contributed by atoms with van der Waals surface area (Å²) in [4.78, 5) is 0. The van der Waals surface area contributed by atoms with Crippen molar-refractivity contribution in [3.05, 3.63) is 88.0 Å². The fourth-order valence-electron chi connectivity index (χ4n) is 3.91. The van der Waals surface area contributed by atoms with Gasteiger partial charge in [-0.05, 0) is 65.5 Å². The number of hydrogen-bond acceptors (Lipinski definition) is 5. The van der Waals surface area contributed by atoms with Crippen LogP contribution in [0.3, 0.4) is 0 Å². The van der Waals surface area contributed by atoms with Gasteiger partial charge in [0.15, 0.2) is 0 Å². The molecule has 0 unspecified atom stereocenters. The Morgan fingerprint density at radius 1 is 1.00 bits per heavy atom. The molecular formula is C24H22N2O3. The van der Waals surface area contributed by atoms with Gasteiger partial charge in [-0.3, -0.25) is 0 Å². The van der Waals surface area contributed by atoms with Crippen molar-refractivity contribution in [2.45, 2.75) is 18.8 Å². The highest BCUT2D eigenvalue weighted by molar-refractivity contribution is 5.64. The Morgan fingerprint density at radius 3 is 2.21 bits per heavy atom. The van der Waals surface area contributed by atoms with Crippen LogP contribution in [0, 0.1) is 11.3 Å². The first kappa shape index (κ1) is 18.7. The molecule has 4 rings (SSSR count). The monoisotopic (exact) mass is 386 g/mol. The van der Waals surface area contributed by atoms with Gasteiger partial charge in [-0.2, -0.15) is 5.26 Å². The normalized spacial score (nSPS) is 19.6. The van der Waals surface area contributed by atoms with Crippen molar-refractivity contribution >= 4 is 6.08 Å². The highest BCUT2D eigenvalue weighted by atomic mass is 16.5. The largest absolute Gasteiger partial charge is 0.497 e. The molecule has 0 spiro atoms. The van der Waals surface area contributed by atoms with Gasteiger partial charge in [-0.15, -0.1) is 0 Å². The Bertz CT molecular complexity index is 1050. The summed E-state index contributed by atoms with van der Waals surface area (Å²) >= 11 is 0. The Balaban J connectivity index is 1.74. The first-order chi connectivity index (χ1) is 14.1. The van der Waals surface area contributed by atoms with Gasteiger partial charge < -0.3 is 19.9 Å². The maximum absolute atomic E-state index is 9.72. The lowest BCUT2D eigenvalue weighted by Gasteiger charge is -2.26. The highest BCUT2D eigenvalue weighted by Crippen LogP contribution is 2.48. The van der Waals surface area contributed by atoms with E-state index in [0.29, 0.717) is 5.57 Å². The molecule has 0 aromatic heterocycles. The van der Waals surface area contributed by atoms with Gasteiger partial charge in [0.1, 0.15) is 28.9 Å². The fourth-order valence-corrected chi connectivity index (χ4v) is 3.91. The summed E-state index contributed by atoms with van der Waals surface area (Å²) in [5.74, 6) is 2.36. The molecule has 5 heteroatoms. The van der Waals surface area contributed by atoms with Crippen LogP contribution in [0.4, 0.5) is 0 Å². The van der Waals surface area contributed by atoms with E-state index in [-0.39, 0.29) is 11.8 Å². The number of nitriles is 1. The van der Waals surface area contributed by atoms with E-state index in [9.17, 15) is 5.26 Å². The molecule has 0 fully saturated rings. The molecule has 2 aromatic rings. The topological polar surface area (TPSA) is 77.5 Å². The molecule has 1 heterocycles. The second-order valence-corrected chi connectivity index (χ2v) is 7.00. The van der Waals surface area contributed by atoms with E-state index >= 15 is 0 Å². The predicted octanol–water partition coefficient (Wildman–Crippen LogP) is 4.64. The van der Waals surface area contributed by atoms with Crippen molar-refractivity contribution in [1.29, 1.82) is 5.26 Å². The van der Waals surface area contributed by atoms with Crippen LogP contribution in [0.15, 0.2) is 76.9 Å². The van der Waals surface area contributed by atoms with Crippen molar-refractivity contribution in [3.63, 3.8) is 0 Å². The quantitative estimate of drug-likeness (QED) is 0.828. The van der Waals surface area contributed by atoms with Crippen molar-refractivity contribution in [2.24, 2.45) is 5.73 Å². The van der Waals surface area contributed by atoms with E-state index in [1.807, 2.05) is 48.5 Å². The van der Waals surface area contributed by atoms with Gasteiger partial charge in [0, 0.05) is 5.92 Å². The van der Waals surface area contributed by atoms with Crippen LogP contribution >= 0.6 is 0 Å². The van der Waals surface area contributed by atoms with Crippen LogP contribution in [0.2, 0.25) is 0 Å². The molecule has 1 aliphatic heterocycles. The summed E-state index contributed by atoms with van der Waals surface area (Å²) in [5.41, 5.74) is 10.9. The minimum Gasteiger partial charge on any atom is -0.497 e. The van der Waals surface area contributed by atoms with E-state index in [1.165, 1.54) is 0 Å². The smallest absolute Gasteiger partial charge is 0.205 e. The summed E-state index contributed by atoms with van der Waals surface area (Å²) in [5, 5.41) is 9.72. The zero-order valence-electron chi connectivity index (χ0n) is 16.4. The minimum atomic E-state index is -0.198. The second kappa shape index (κ2) is 7.76. The highest BCUT2D eigenvalue weighted by Gasteiger charge is 2.37. The fraction of sp³-hybridized carbons (Fsp3) is 0.208. The molecule has 1 atom stereocenters. The molecule has 0 saturated carbocycles. The first-order valence-corrected chi connectivity index (χ1v) is 9.44. The molecule has 5 nitrogen and oxygen atoms in total. The van der Waals surface area contributed by atoms with Crippen LogP contribution in [-0.4, -0.2) is 14.2 Å². The van der Waals surface area contributed by atoms with Crippen LogP contribution in [0.1, 0.15) is 29.9 Å². The van der Waals surface area contributed by atoms with E-state index in [4.69, 9.17) is 19.9 Å². The second-order valence-electron chi connectivity index (χ2n) is 7.00. The Labute approximate surface area is 170 Å². The molecule has 146 valence electrons. The average Bonchev–Trinajstić information content (AvgIpc) is 3.15. The Hall–Kier alpha value is -3.65. The first-order valence-electron chi connectivity index (χ1n) is 9.44. The van der Waals surface area contributed by atoms with Gasteiger partial charge in [0.25, 0.3) is 0 Å². The van der Waals surface area contributed by atoms with Crippen LogP contribution in [0.5, 0.6) is 11.5 Å². The lowest BCUT2D eigenvalue weighted by Crippen LogP contribution is -2.19. The third kappa shape index (κ3) is 3.45. The zero-order valence-corrected chi connectivity index (χ0v) is 16.4.